The predicted molar refractivity (Wildman–Crippen MR) is 119 cm³/mol. The summed E-state index contributed by atoms with van der Waals surface area (Å²) in [5, 5.41) is 5.51. The average molecular weight is 440 g/mol. The zero-order chi connectivity index (χ0) is 23.1. The molecule has 1 atom stereocenters. The van der Waals surface area contributed by atoms with Gasteiger partial charge in [0.05, 0.1) is 32.4 Å². The summed E-state index contributed by atoms with van der Waals surface area (Å²) in [7, 11) is 3.04. The first-order chi connectivity index (χ1) is 15.5. The number of urea groups is 1. The average Bonchev–Trinajstić information content (AvgIpc) is 2.82. The lowest BCUT2D eigenvalue weighted by Crippen LogP contribution is -2.45. The van der Waals surface area contributed by atoms with Crippen LogP contribution in [0.3, 0.4) is 0 Å². The van der Waals surface area contributed by atoms with Crippen LogP contribution in [0, 0.1) is 0 Å². The summed E-state index contributed by atoms with van der Waals surface area (Å²) in [5.41, 5.74) is 2.46. The first-order valence-electron chi connectivity index (χ1n) is 10.4. The predicted octanol–water partition coefficient (Wildman–Crippen LogP) is 3.86. The van der Waals surface area contributed by atoms with Crippen molar-refractivity contribution in [3.63, 3.8) is 0 Å². The Balaban J connectivity index is 2.02. The molecular formula is C24H28N2O6. The number of carbonyl (C=O) groups is 2. The molecular weight excluding hydrogens is 412 g/mol. The molecule has 1 aliphatic heterocycles. The van der Waals surface area contributed by atoms with E-state index in [0.717, 1.165) is 5.56 Å². The van der Waals surface area contributed by atoms with E-state index in [1.807, 2.05) is 37.3 Å². The lowest BCUT2D eigenvalue weighted by molar-refractivity contribution is -0.139. The molecule has 2 aromatic carbocycles. The summed E-state index contributed by atoms with van der Waals surface area (Å²) in [5.74, 6) is 0.776. The zero-order valence-corrected chi connectivity index (χ0v) is 18.7. The Morgan fingerprint density at radius 3 is 2.25 bits per heavy atom. The van der Waals surface area contributed by atoms with Crippen LogP contribution in [0.1, 0.15) is 37.4 Å². The smallest absolute Gasteiger partial charge is 0.338 e. The fourth-order valence-electron chi connectivity index (χ4n) is 3.54. The van der Waals surface area contributed by atoms with Crippen molar-refractivity contribution in [2.45, 2.75) is 32.9 Å². The van der Waals surface area contributed by atoms with Gasteiger partial charge in [0.15, 0.2) is 11.5 Å². The minimum absolute atomic E-state index is 0.221. The number of benzene rings is 2. The van der Waals surface area contributed by atoms with E-state index in [4.69, 9.17) is 18.9 Å². The monoisotopic (exact) mass is 440 g/mol. The van der Waals surface area contributed by atoms with Gasteiger partial charge in [-0.2, -0.15) is 0 Å². The molecule has 0 aromatic heterocycles. The summed E-state index contributed by atoms with van der Waals surface area (Å²) >= 11 is 0. The Labute approximate surface area is 187 Å². The topological polar surface area (TPSA) is 95.1 Å². The van der Waals surface area contributed by atoms with Crippen LogP contribution >= 0.6 is 0 Å². The SMILES string of the molecule is CCOC(=O)C1=C(CC)NC(=O)NC1c1cc(OC)c(OCc2ccccc2)c(OC)c1. The maximum atomic E-state index is 12.7. The van der Waals surface area contributed by atoms with Crippen LogP contribution in [-0.2, 0) is 16.1 Å². The largest absolute Gasteiger partial charge is 0.493 e. The van der Waals surface area contributed by atoms with Gasteiger partial charge < -0.3 is 29.6 Å². The minimum Gasteiger partial charge on any atom is -0.493 e. The Hall–Kier alpha value is -3.68. The van der Waals surface area contributed by atoms with Crippen LogP contribution in [0.2, 0.25) is 0 Å². The molecule has 2 aromatic rings. The van der Waals surface area contributed by atoms with Gasteiger partial charge >= 0.3 is 12.0 Å². The van der Waals surface area contributed by atoms with Gasteiger partial charge in [-0.25, -0.2) is 9.59 Å². The highest BCUT2D eigenvalue weighted by Crippen LogP contribution is 2.42. The van der Waals surface area contributed by atoms with E-state index in [9.17, 15) is 9.59 Å². The number of ether oxygens (including phenoxy) is 4. The first kappa shape index (κ1) is 23.0. The van der Waals surface area contributed by atoms with Gasteiger partial charge in [0.1, 0.15) is 6.61 Å². The molecule has 0 aliphatic carbocycles. The maximum absolute atomic E-state index is 12.7. The number of allylic oxidation sites excluding steroid dienone is 1. The molecule has 2 amide bonds. The fourth-order valence-corrected chi connectivity index (χ4v) is 3.54. The van der Waals surface area contributed by atoms with E-state index in [1.54, 1.807) is 19.1 Å². The highest BCUT2D eigenvalue weighted by molar-refractivity contribution is 5.95. The normalized spacial score (nSPS) is 15.5. The molecule has 0 saturated carbocycles. The Bertz CT molecular complexity index is 978. The molecule has 3 rings (SSSR count). The molecule has 8 heteroatoms. The number of carbonyl (C=O) groups excluding carboxylic acids is 2. The van der Waals surface area contributed by atoms with Crippen LogP contribution in [0.25, 0.3) is 0 Å². The Morgan fingerprint density at radius 1 is 1.03 bits per heavy atom. The Kier molecular flexibility index (Phi) is 7.59. The van der Waals surface area contributed by atoms with Gasteiger partial charge in [-0.15, -0.1) is 0 Å². The molecule has 8 nitrogen and oxygen atoms in total. The number of rotatable bonds is 9. The second kappa shape index (κ2) is 10.6. The van der Waals surface area contributed by atoms with Crippen LogP contribution in [0.5, 0.6) is 17.2 Å². The van der Waals surface area contributed by atoms with Crippen molar-refractivity contribution in [3.8, 4) is 17.2 Å². The number of amides is 2. The van der Waals surface area contributed by atoms with Gasteiger partial charge in [-0.3, -0.25) is 0 Å². The lowest BCUT2D eigenvalue weighted by atomic mass is 9.93. The van der Waals surface area contributed by atoms with E-state index in [0.29, 0.717) is 47.1 Å². The molecule has 1 heterocycles. The summed E-state index contributed by atoms with van der Waals surface area (Å²) < 4.78 is 22.4. The van der Waals surface area contributed by atoms with Gasteiger partial charge in [0.25, 0.3) is 0 Å². The third-order valence-corrected chi connectivity index (χ3v) is 5.04. The second-order valence-electron chi connectivity index (χ2n) is 7.03. The number of hydrogen-bond acceptors (Lipinski definition) is 6. The van der Waals surface area contributed by atoms with E-state index in [2.05, 4.69) is 10.6 Å². The standard InChI is InChI=1S/C24H28N2O6/c1-5-17-20(23(27)31-6-2)21(26-24(28)25-17)16-12-18(29-3)22(19(13-16)30-4)32-14-15-10-8-7-9-11-15/h7-13,21H,5-6,14H2,1-4H3,(H2,25,26,28). The third-order valence-electron chi connectivity index (χ3n) is 5.04. The van der Waals surface area contributed by atoms with Crippen molar-refractivity contribution in [1.82, 2.24) is 10.6 Å². The van der Waals surface area contributed by atoms with Crippen molar-refractivity contribution in [3.05, 3.63) is 64.9 Å². The van der Waals surface area contributed by atoms with Crippen molar-refractivity contribution in [2.75, 3.05) is 20.8 Å². The molecule has 0 fully saturated rings. The third kappa shape index (κ3) is 4.96. The van der Waals surface area contributed by atoms with Crippen molar-refractivity contribution < 1.29 is 28.5 Å². The number of nitrogens with one attached hydrogen (secondary N) is 2. The highest BCUT2D eigenvalue weighted by Gasteiger charge is 2.34. The minimum atomic E-state index is -0.733. The van der Waals surface area contributed by atoms with Gasteiger partial charge in [-0.1, -0.05) is 37.3 Å². The fraction of sp³-hybridized carbons (Fsp3) is 0.333. The molecule has 0 spiro atoms. The van der Waals surface area contributed by atoms with Gasteiger partial charge in [0, 0.05) is 5.70 Å². The molecule has 32 heavy (non-hydrogen) atoms. The molecule has 1 aliphatic rings. The number of esters is 1. The van der Waals surface area contributed by atoms with E-state index < -0.39 is 18.0 Å². The van der Waals surface area contributed by atoms with E-state index in [-0.39, 0.29) is 6.61 Å². The van der Waals surface area contributed by atoms with Crippen LogP contribution < -0.4 is 24.8 Å². The van der Waals surface area contributed by atoms with Crippen molar-refractivity contribution >= 4 is 12.0 Å². The first-order valence-corrected chi connectivity index (χ1v) is 10.4. The summed E-state index contributed by atoms with van der Waals surface area (Å²) in [6, 6.07) is 12.0. The van der Waals surface area contributed by atoms with Gasteiger partial charge in [0.2, 0.25) is 5.75 Å². The molecule has 0 bridgehead atoms. The lowest BCUT2D eigenvalue weighted by Gasteiger charge is -2.29. The van der Waals surface area contributed by atoms with Crippen LogP contribution in [-0.4, -0.2) is 32.8 Å². The zero-order valence-electron chi connectivity index (χ0n) is 18.7. The summed E-state index contributed by atoms with van der Waals surface area (Å²) in [4.78, 5) is 25.0. The van der Waals surface area contributed by atoms with E-state index >= 15 is 0 Å². The molecule has 0 radical (unpaired) electrons. The van der Waals surface area contributed by atoms with Gasteiger partial charge in [-0.05, 0) is 36.6 Å². The van der Waals surface area contributed by atoms with Crippen LogP contribution in [0.4, 0.5) is 4.79 Å². The van der Waals surface area contributed by atoms with Crippen molar-refractivity contribution in [1.29, 1.82) is 0 Å². The summed E-state index contributed by atoms with van der Waals surface area (Å²) in [6.45, 7) is 4.14. The van der Waals surface area contributed by atoms with Crippen molar-refractivity contribution in [2.24, 2.45) is 0 Å². The molecule has 0 saturated heterocycles. The molecule has 1 unspecified atom stereocenters. The second-order valence-corrected chi connectivity index (χ2v) is 7.03. The molecule has 170 valence electrons. The quantitative estimate of drug-likeness (QED) is 0.575. The summed E-state index contributed by atoms with van der Waals surface area (Å²) in [6.07, 6.45) is 0.463. The number of methoxy groups -OCH3 is 2. The van der Waals surface area contributed by atoms with Crippen LogP contribution in [0.15, 0.2) is 53.7 Å². The molecule has 2 N–H and O–H groups in total. The van der Waals surface area contributed by atoms with E-state index in [1.165, 1.54) is 14.2 Å². The Morgan fingerprint density at radius 2 is 1.69 bits per heavy atom. The highest BCUT2D eigenvalue weighted by atomic mass is 16.5. The maximum Gasteiger partial charge on any atom is 0.338 e. The number of hydrogen-bond donors (Lipinski definition) is 2.